The summed E-state index contributed by atoms with van der Waals surface area (Å²) in [4.78, 5) is 12.5. The summed E-state index contributed by atoms with van der Waals surface area (Å²) in [5, 5.41) is 6.07. The number of carbonyl (C=O) groups is 1. The third-order valence-corrected chi connectivity index (χ3v) is 4.58. The Hall–Kier alpha value is -3.74. The minimum Gasteiger partial charge on any atom is -0.497 e. The third-order valence-electron chi connectivity index (χ3n) is 4.58. The minimum atomic E-state index is -0.798. The van der Waals surface area contributed by atoms with Crippen LogP contribution in [-0.4, -0.2) is 39.1 Å². The molecule has 0 saturated heterocycles. The molecule has 0 fully saturated rings. The van der Waals surface area contributed by atoms with Crippen molar-refractivity contribution in [2.24, 2.45) is 5.10 Å². The highest BCUT2D eigenvalue weighted by molar-refractivity contribution is 5.88. The molecule has 0 spiro atoms. The predicted octanol–water partition coefficient (Wildman–Crippen LogP) is 3.15. The van der Waals surface area contributed by atoms with Gasteiger partial charge in [0.05, 0.1) is 20.4 Å². The fraction of sp³-hybridized carbons (Fsp3) is 0.182. The Labute approximate surface area is 167 Å². The highest BCUT2D eigenvalue weighted by Crippen LogP contribution is 2.35. The lowest BCUT2D eigenvalue weighted by molar-refractivity contribution is -0.130. The Bertz CT molecular complexity index is 1080. The molecule has 1 heterocycles. The molecular formula is C22H20N2O5. The Morgan fingerprint density at radius 2 is 1.83 bits per heavy atom. The number of hydrogen-bond donors (Lipinski definition) is 1. The average Bonchev–Trinajstić information content (AvgIpc) is 2.77. The van der Waals surface area contributed by atoms with Crippen LogP contribution in [0.2, 0.25) is 0 Å². The van der Waals surface area contributed by atoms with Gasteiger partial charge in [-0.3, -0.25) is 4.79 Å². The Kier molecular flexibility index (Phi) is 5.20. The summed E-state index contributed by atoms with van der Waals surface area (Å²) in [5.74, 6) is 2.03. The molecule has 0 radical (unpaired) electrons. The van der Waals surface area contributed by atoms with Gasteiger partial charge in [0.15, 0.2) is 11.5 Å². The summed E-state index contributed by atoms with van der Waals surface area (Å²) in [6, 6.07) is 17.0. The van der Waals surface area contributed by atoms with E-state index in [1.54, 1.807) is 32.4 Å². The summed E-state index contributed by atoms with van der Waals surface area (Å²) in [6.07, 6.45) is 0.692. The van der Waals surface area contributed by atoms with Gasteiger partial charge in [-0.15, -0.1) is 0 Å². The molecule has 7 nitrogen and oxygen atoms in total. The van der Waals surface area contributed by atoms with E-state index in [0.29, 0.717) is 28.6 Å². The molecule has 29 heavy (non-hydrogen) atoms. The van der Waals surface area contributed by atoms with Crippen molar-refractivity contribution >= 4 is 22.9 Å². The molecule has 148 valence electrons. The number of nitrogens with zero attached hydrogens (tertiary/aromatic N) is 1. The van der Waals surface area contributed by atoms with E-state index in [2.05, 4.69) is 10.5 Å². The smallest absolute Gasteiger partial charge is 0.284 e. The SMILES string of the molecule is COc1ccc(OC)c(C=NNC(=O)C2COc3cc4ccccc4cc3O2)c1. The topological polar surface area (TPSA) is 78.4 Å². The maximum atomic E-state index is 12.5. The van der Waals surface area contributed by atoms with Crippen LogP contribution in [0.4, 0.5) is 0 Å². The first kappa shape index (κ1) is 18.6. The first-order valence-corrected chi connectivity index (χ1v) is 9.05. The van der Waals surface area contributed by atoms with Crippen molar-refractivity contribution in [1.82, 2.24) is 5.43 Å². The molecule has 0 aromatic heterocycles. The van der Waals surface area contributed by atoms with Crippen molar-refractivity contribution in [2.75, 3.05) is 20.8 Å². The predicted molar refractivity (Wildman–Crippen MR) is 109 cm³/mol. The number of hydrazone groups is 1. The highest BCUT2D eigenvalue weighted by atomic mass is 16.6. The molecular weight excluding hydrogens is 372 g/mol. The number of carbonyl (C=O) groups excluding carboxylic acids is 1. The quantitative estimate of drug-likeness (QED) is 0.533. The van der Waals surface area contributed by atoms with Crippen LogP contribution in [0.5, 0.6) is 23.0 Å². The zero-order valence-corrected chi connectivity index (χ0v) is 16.0. The Balaban J connectivity index is 1.45. The standard InChI is InChI=1S/C22H20N2O5/c1-26-17-7-8-18(27-2)16(9-17)12-23-24-22(25)21-13-28-19-10-14-5-3-4-6-15(14)11-20(19)29-21/h3-12,21H,13H2,1-2H3,(H,24,25). The molecule has 1 amide bonds. The van der Waals surface area contributed by atoms with E-state index in [1.807, 2.05) is 36.4 Å². The summed E-state index contributed by atoms with van der Waals surface area (Å²) in [5.41, 5.74) is 3.16. The molecule has 4 rings (SSSR count). The molecule has 1 unspecified atom stereocenters. The van der Waals surface area contributed by atoms with E-state index in [1.165, 1.54) is 6.21 Å². The van der Waals surface area contributed by atoms with Crippen LogP contribution in [0.25, 0.3) is 10.8 Å². The number of methoxy groups -OCH3 is 2. The molecule has 0 bridgehead atoms. The van der Waals surface area contributed by atoms with Gasteiger partial charge in [-0.2, -0.15) is 5.10 Å². The van der Waals surface area contributed by atoms with Gasteiger partial charge in [-0.25, -0.2) is 5.43 Å². The first-order chi connectivity index (χ1) is 14.2. The first-order valence-electron chi connectivity index (χ1n) is 9.05. The average molecular weight is 392 g/mol. The number of hydrogen-bond acceptors (Lipinski definition) is 6. The number of benzene rings is 3. The number of amides is 1. The van der Waals surface area contributed by atoms with Crippen LogP contribution in [0.3, 0.4) is 0 Å². The van der Waals surface area contributed by atoms with Crippen molar-refractivity contribution in [2.45, 2.75) is 6.10 Å². The van der Waals surface area contributed by atoms with E-state index in [9.17, 15) is 4.79 Å². The van der Waals surface area contributed by atoms with Crippen LogP contribution in [0.15, 0.2) is 59.7 Å². The fourth-order valence-corrected chi connectivity index (χ4v) is 3.06. The largest absolute Gasteiger partial charge is 0.497 e. The van der Waals surface area contributed by atoms with Crippen molar-refractivity contribution < 1.29 is 23.7 Å². The molecule has 1 aliphatic rings. The second-order valence-electron chi connectivity index (χ2n) is 6.41. The normalized spacial score (nSPS) is 15.3. The number of rotatable bonds is 5. The summed E-state index contributed by atoms with van der Waals surface area (Å²) < 4.78 is 22.0. The van der Waals surface area contributed by atoms with Gasteiger partial charge in [-0.1, -0.05) is 24.3 Å². The van der Waals surface area contributed by atoms with Crippen molar-refractivity contribution in [3.05, 3.63) is 60.2 Å². The monoisotopic (exact) mass is 392 g/mol. The van der Waals surface area contributed by atoms with E-state index in [0.717, 1.165) is 10.8 Å². The van der Waals surface area contributed by atoms with E-state index >= 15 is 0 Å². The summed E-state index contributed by atoms with van der Waals surface area (Å²) in [6.45, 7) is 0.106. The van der Waals surface area contributed by atoms with Crippen LogP contribution < -0.4 is 24.4 Å². The van der Waals surface area contributed by atoms with E-state index in [-0.39, 0.29) is 6.61 Å². The van der Waals surface area contributed by atoms with Gasteiger partial charge in [-0.05, 0) is 41.1 Å². The number of nitrogens with one attached hydrogen (secondary N) is 1. The fourth-order valence-electron chi connectivity index (χ4n) is 3.06. The molecule has 3 aromatic rings. The van der Waals surface area contributed by atoms with Gasteiger partial charge >= 0.3 is 0 Å². The van der Waals surface area contributed by atoms with E-state index < -0.39 is 12.0 Å². The molecule has 3 aromatic carbocycles. The minimum absolute atomic E-state index is 0.106. The van der Waals surface area contributed by atoms with Crippen LogP contribution in [-0.2, 0) is 4.79 Å². The zero-order valence-electron chi connectivity index (χ0n) is 16.0. The second-order valence-corrected chi connectivity index (χ2v) is 6.41. The maximum Gasteiger partial charge on any atom is 0.284 e. The Morgan fingerprint density at radius 3 is 2.55 bits per heavy atom. The molecule has 1 atom stereocenters. The van der Waals surface area contributed by atoms with Crippen molar-refractivity contribution in [3.63, 3.8) is 0 Å². The third kappa shape index (κ3) is 3.94. The Morgan fingerprint density at radius 1 is 1.07 bits per heavy atom. The zero-order chi connectivity index (χ0) is 20.2. The van der Waals surface area contributed by atoms with Gasteiger partial charge in [0.1, 0.15) is 18.1 Å². The van der Waals surface area contributed by atoms with E-state index in [4.69, 9.17) is 18.9 Å². The van der Waals surface area contributed by atoms with Crippen LogP contribution in [0.1, 0.15) is 5.56 Å². The molecule has 1 aliphatic heterocycles. The number of ether oxygens (including phenoxy) is 4. The van der Waals surface area contributed by atoms with Crippen molar-refractivity contribution in [3.8, 4) is 23.0 Å². The lowest BCUT2D eigenvalue weighted by Gasteiger charge is -2.25. The van der Waals surface area contributed by atoms with Gasteiger partial charge in [0.2, 0.25) is 6.10 Å². The molecule has 0 saturated carbocycles. The van der Waals surface area contributed by atoms with Crippen LogP contribution >= 0.6 is 0 Å². The van der Waals surface area contributed by atoms with Crippen molar-refractivity contribution in [1.29, 1.82) is 0 Å². The number of fused-ring (bicyclic) bond motifs is 2. The summed E-state index contributed by atoms with van der Waals surface area (Å²) in [7, 11) is 3.14. The van der Waals surface area contributed by atoms with Gasteiger partial charge in [0.25, 0.3) is 5.91 Å². The summed E-state index contributed by atoms with van der Waals surface area (Å²) >= 11 is 0. The molecule has 1 N–H and O–H groups in total. The van der Waals surface area contributed by atoms with Crippen LogP contribution in [0, 0.1) is 0 Å². The molecule has 7 heteroatoms. The lowest BCUT2D eigenvalue weighted by atomic mass is 10.1. The molecule has 0 aliphatic carbocycles. The second kappa shape index (κ2) is 8.10. The highest BCUT2D eigenvalue weighted by Gasteiger charge is 2.27. The van der Waals surface area contributed by atoms with Gasteiger partial charge < -0.3 is 18.9 Å². The lowest BCUT2D eigenvalue weighted by Crippen LogP contribution is -2.42. The van der Waals surface area contributed by atoms with Gasteiger partial charge in [0, 0.05) is 5.56 Å². The maximum absolute atomic E-state index is 12.5.